The van der Waals surface area contributed by atoms with Crippen LogP contribution in [0.5, 0.6) is 0 Å². The average molecular weight is 689 g/mol. The first-order valence-corrected chi connectivity index (χ1v) is 15.2. The number of halogens is 8. The van der Waals surface area contributed by atoms with Crippen LogP contribution in [0.4, 0.5) is 30.7 Å². The largest absolute Gasteiger partial charge is 0.490 e. The molecule has 2 N–H and O–H groups in total. The van der Waals surface area contributed by atoms with Gasteiger partial charge in [-0.05, 0) is 74.2 Å². The van der Waals surface area contributed by atoms with Gasteiger partial charge in [0.25, 0.3) is 5.91 Å². The van der Waals surface area contributed by atoms with Crippen molar-refractivity contribution in [1.82, 2.24) is 10.2 Å². The molecule has 46 heavy (non-hydrogen) atoms. The molecule has 1 saturated carbocycles. The molecule has 0 aliphatic heterocycles. The van der Waals surface area contributed by atoms with E-state index in [1.54, 1.807) is 11.0 Å². The molecule has 1 aromatic heterocycles. The van der Waals surface area contributed by atoms with Gasteiger partial charge in [-0.25, -0.2) is 9.18 Å². The fourth-order valence-corrected chi connectivity index (χ4v) is 6.70. The number of hydrogen-bond donors (Lipinski definition) is 2. The van der Waals surface area contributed by atoms with E-state index in [1.165, 1.54) is 35.6 Å². The normalized spacial score (nSPS) is 16.9. The Morgan fingerprint density at radius 1 is 0.935 bits per heavy atom. The van der Waals surface area contributed by atoms with Gasteiger partial charge < -0.3 is 15.3 Å². The lowest BCUT2D eigenvalue weighted by Crippen LogP contribution is -2.44. The minimum atomic E-state index is -5.08. The Morgan fingerprint density at radius 2 is 1.52 bits per heavy atom. The number of hydrogen-bond acceptors (Lipinski definition) is 4. The number of nitrogens with zero attached hydrogens (tertiary/aromatic N) is 1. The minimum Gasteiger partial charge on any atom is -0.475 e. The molecule has 3 aromatic carbocycles. The lowest BCUT2D eigenvalue weighted by Gasteiger charge is -2.37. The first-order valence-electron chi connectivity index (χ1n) is 14.0. The van der Waals surface area contributed by atoms with Gasteiger partial charge in [0.15, 0.2) is 0 Å². The average Bonchev–Trinajstić information content (AvgIpc) is 3.36. The van der Waals surface area contributed by atoms with Crippen LogP contribution in [0.1, 0.15) is 46.5 Å². The van der Waals surface area contributed by atoms with E-state index in [-0.39, 0.29) is 18.5 Å². The van der Waals surface area contributed by atoms with Gasteiger partial charge in [-0.3, -0.25) is 4.79 Å². The van der Waals surface area contributed by atoms with Crippen LogP contribution < -0.4 is 5.32 Å². The van der Waals surface area contributed by atoms with Gasteiger partial charge in [-0.15, -0.1) is 11.3 Å². The Hall–Kier alpha value is -3.68. The summed E-state index contributed by atoms with van der Waals surface area (Å²) in [5.74, 6) is -3.48. The standard InChI is InChI=1S/C30H27ClF4N2OS.C2HF3O2/c1-36-22-11-13-23(14-12-22)37(29(38)28-27(31)24-4-2-3-5-26(24)39-28)17-20-16-19(8-15-25(20)32)18-6-9-21(10-7-18)30(33,34)35;3-2(4,5)1(6)7/h2-10,15-16,22-23,36H,11-14,17H2,1H3;(H,6,7). The highest BCUT2D eigenvalue weighted by atomic mass is 35.5. The van der Waals surface area contributed by atoms with Gasteiger partial charge in [0.05, 0.1) is 10.6 Å². The van der Waals surface area contributed by atoms with Crippen molar-refractivity contribution in [1.29, 1.82) is 0 Å². The number of carboxylic acid groups (broad SMARTS) is 1. The van der Waals surface area contributed by atoms with Crippen molar-refractivity contribution in [2.75, 3.05) is 7.05 Å². The zero-order valence-electron chi connectivity index (χ0n) is 24.2. The van der Waals surface area contributed by atoms with Crippen molar-refractivity contribution in [3.05, 3.63) is 93.6 Å². The van der Waals surface area contributed by atoms with Crippen LogP contribution in [-0.2, 0) is 17.5 Å². The van der Waals surface area contributed by atoms with Crippen LogP contribution in [-0.4, -0.2) is 47.2 Å². The molecule has 246 valence electrons. The summed E-state index contributed by atoms with van der Waals surface area (Å²) in [5, 5.41) is 11.6. The fraction of sp³-hybridized carbons (Fsp3) is 0.312. The second-order valence-electron chi connectivity index (χ2n) is 10.7. The number of carbonyl (C=O) groups is 2. The third-order valence-electron chi connectivity index (χ3n) is 7.71. The second-order valence-corrected chi connectivity index (χ2v) is 12.1. The first-order chi connectivity index (χ1) is 21.6. The number of fused-ring (bicyclic) bond motifs is 1. The molecule has 5 rings (SSSR count). The van der Waals surface area contributed by atoms with Crippen molar-refractivity contribution < 1.29 is 45.4 Å². The molecule has 1 heterocycles. The van der Waals surface area contributed by atoms with E-state index in [0.717, 1.165) is 47.9 Å². The molecule has 0 saturated heterocycles. The Labute approximate surface area is 268 Å². The summed E-state index contributed by atoms with van der Waals surface area (Å²) >= 11 is 7.99. The number of carboxylic acids is 1. The van der Waals surface area contributed by atoms with Crippen molar-refractivity contribution >= 4 is 44.9 Å². The van der Waals surface area contributed by atoms with E-state index in [4.69, 9.17) is 21.5 Å². The summed E-state index contributed by atoms with van der Waals surface area (Å²) in [6.07, 6.45) is -6.22. The monoisotopic (exact) mass is 688 g/mol. The lowest BCUT2D eigenvalue weighted by atomic mass is 9.89. The van der Waals surface area contributed by atoms with E-state index >= 15 is 4.39 Å². The molecule has 0 spiro atoms. The number of thiophene rings is 1. The molecule has 0 atom stereocenters. The van der Waals surface area contributed by atoms with Crippen molar-refractivity contribution in [2.24, 2.45) is 0 Å². The van der Waals surface area contributed by atoms with Gasteiger partial charge in [0.2, 0.25) is 0 Å². The highest BCUT2D eigenvalue weighted by molar-refractivity contribution is 7.21. The lowest BCUT2D eigenvalue weighted by molar-refractivity contribution is -0.192. The highest BCUT2D eigenvalue weighted by Gasteiger charge is 2.38. The SMILES string of the molecule is CNC1CCC(N(Cc2cc(-c3ccc(C(F)(F)F)cc3)ccc2F)C(=O)c2sc3ccccc3c2Cl)CC1.O=C(O)C(F)(F)F. The van der Waals surface area contributed by atoms with Crippen LogP contribution >= 0.6 is 22.9 Å². The molecule has 4 aromatic rings. The molecule has 0 radical (unpaired) electrons. The van der Waals surface area contributed by atoms with Gasteiger partial charge in [0, 0.05) is 34.3 Å². The number of aliphatic carboxylic acids is 1. The Bertz CT molecular complexity index is 1680. The van der Waals surface area contributed by atoms with Crippen LogP contribution in [0, 0.1) is 5.82 Å². The molecule has 1 amide bonds. The summed E-state index contributed by atoms with van der Waals surface area (Å²) in [7, 11) is 1.92. The molecule has 0 unspecified atom stereocenters. The van der Waals surface area contributed by atoms with E-state index in [0.29, 0.717) is 32.6 Å². The Balaban J connectivity index is 0.000000617. The second kappa shape index (κ2) is 14.4. The van der Waals surface area contributed by atoms with Gasteiger partial charge in [-0.1, -0.05) is 48.0 Å². The number of nitrogens with one attached hydrogen (secondary N) is 1. The summed E-state index contributed by atoms with van der Waals surface area (Å²) in [5.41, 5.74) is 0.659. The predicted octanol–water partition coefficient (Wildman–Crippen LogP) is 9.19. The van der Waals surface area contributed by atoms with Gasteiger partial charge >= 0.3 is 18.3 Å². The molecule has 1 aliphatic rings. The van der Waals surface area contributed by atoms with Crippen molar-refractivity contribution in [3.63, 3.8) is 0 Å². The molecule has 5 nitrogen and oxygen atoms in total. The van der Waals surface area contributed by atoms with E-state index < -0.39 is 29.7 Å². The summed E-state index contributed by atoms with van der Waals surface area (Å²) in [6, 6.07) is 17.0. The van der Waals surface area contributed by atoms with Gasteiger partial charge in [0.1, 0.15) is 10.7 Å². The summed E-state index contributed by atoms with van der Waals surface area (Å²) < 4.78 is 86.8. The maximum absolute atomic E-state index is 15.1. The molecular weight excluding hydrogens is 661 g/mol. The number of amides is 1. The van der Waals surface area contributed by atoms with Crippen molar-refractivity contribution in [3.8, 4) is 11.1 Å². The molecule has 1 fully saturated rings. The van der Waals surface area contributed by atoms with Crippen LogP contribution in [0.15, 0.2) is 66.7 Å². The molecule has 1 aliphatic carbocycles. The molecule has 14 heteroatoms. The first kappa shape index (κ1) is 35.2. The quantitative estimate of drug-likeness (QED) is 0.198. The number of benzene rings is 3. The van der Waals surface area contributed by atoms with E-state index in [1.807, 2.05) is 31.3 Å². The zero-order chi connectivity index (χ0) is 33.8. The fourth-order valence-electron chi connectivity index (χ4n) is 5.24. The number of carbonyl (C=O) groups excluding carboxylic acids is 1. The minimum absolute atomic E-state index is 0.0264. The highest BCUT2D eigenvalue weighted by Crippen LogP contribution is 2.38. The van der Waals surface area contributed by atoms with Gasteiger partial charge in [-0.2, -0.15) is 26.3 Å². The topological polar surface area (TPSA) is 69.6 Å². The van der Waals surface area contributed by atoms with E-state index in [2.05, 4.69) is 5.32 Å². The zero-order valence-corrected chi connectivity index (χ0v) is 25.8. The van der Waals surface area contributed by atoms with Crippen molar-refractivity contribution in [2.45, 2.75) is 56.7 Å². The van der Waals surface area contributed by atoms with Crippen LogP contribution in [0.25, 0.3) is 21.2 Å². The smallest absolute Gasteiger partial charge is 0.475 e. The predicted molar refractivity (Wildman–Crippen MR) is 162 cm³/mol. The van der Waals surface area contributed by atoms with Crippen LogP contribution in [0.3, 0.4) is 0 Å². The third kappa shape index (κ3) is 8.37. The maximum atomic E-state index is 15.1. The maximum Gasteiger partial charge on any atom is 0.490 e. The molecule has 0 bridgehead atoms. The summed E-state index contributed by atoms with van der Waals surface area (Å²) in [6.45, 7) is 0.0264. The third-order valence-corrected chi connectivity index (χ3v) is 9.37. The summed E-state index contributed by atoms with van der Waals surface area (Å²) in [4.78, 5) is 25.0. The number of alkyl halides is 6. The van der Waals surface area contributed by atoms with E-state index in [9.17, 15) is 31.1 Å². The Morgan fingerprint density at radius 3 is 2.07 bits per heavy atom. The molecular formula is C32H28ClF7N2O3S. The number of rotatable bonds is 6. The van der Waals surface area contributed by atoms with Crippen LogP contribution in [0.2, 0.25) is 5.02 Å². The Kier molecular flexibility index (Phi) is 11.0.